The molecule has 2 heterocycles. The molecule has 1 saturated carbocycles. The van der Waals surface area contributed by atoms with Crippen molar-refractivity contribution in [2.45, 2.75) is 31.8 Å². The molecule has 8 heteroatoms. The average Bonchev–Trinajstić information content (AvgIpc) is 3.26. The molecule has 1 aliphatic carbocycles. The molecule has 1 saturated heterocycles. The summed E-state index contributed by atoms with van der Waals surface area (Å²) in [7, 11) is -3.23. The summed E-state index contributed by atoms with van der Waals surface area (Å²) in [5.74, 6) is 0.568. The summed E-state index contributed by atoms with van der Waals surface area (Å²) in [4.78, 5) is 23.9. The predicted octanol–water partition coefficient (Wildman–Crippen LogP) is 0.0246. The fourth-order valence-electron chi connectivity index (χ4n) is 3.36. The first-order chi connectivity index (χ1) is 11.3. The maximum atomic E-state index is 12.2. The number of amides is 1. The van der Waals surface area contributed by atoms with Crippen LogP contribution in [0.3, 0.4) is 0 Å². The number of pyridine rings is 1. The van der Waals surface area contributed by atoms with Crippen molar-refractivity contribution in [1.82, 2.24) is 14.2 Å². The Balaban J connectivity index is 1.58. The fraction of sp³-hybridized carbons (Fsp3) is 0.625. The third-order valence-electron chi connectivity index (χ3n) is 4.85. The Morgan fingerprint density at radius 3 is 2.67 bits per heavy atom. The van der Waals surface area contributed by atoms with E-state index in [4.69, 9.17) is 0 Å². The molecule has 2 aliphatic rings. The minimum atomic E-state index is -3.23. The van der Waals surface area contributed by atoms with Crippen LogP contribution in [-0.4, -0.2) is 48.6 Å². The van der Waals surface area contributed by atoms with Crippen LogP contribution in [0.1, 0.15) is 19.3 Å². The quantitative estimate of drug-likeness (QED) is 0.781. The van der Waals surface area contributed by atoms with Gasteiger partial charge in [0.05, 0.1) is 6.26 Å². The lowest BCUT2D eigenvalue weighted by Gasteiger charge is -2.19. The van der Waals surface area contributed by atoms with Gasteiger partial charge in [-0.2, -0.15) is 4.31 Å². The molecule has 0 bridgehead atoms. The van der Waals surface area contributed by atoms with E-state index in [1.54, 1.807) is 18.3 Å². The summed E-state index contributed by atoms with van der Waals surface area (Å²) >= 11 is 0. The molecule has 1 amide bonds. The number of rotatable bonds is 6. The molecule has 1 aromatic rings. The first-order valence-corrected chi connectivity index (χ1v) is 10.1. The molecular formula is C16H23N3O4S. The molecule has 1 aliphatic heterocycles. The molecule has 2 atom stereocenters. The Morgan fingerprint density at radius 1 is 1.29 bits per heavy atom. The van der Waals surface area contributed by atoms with Gasteiger partial charge in [-0.05, 0) is 30.7 Å². The number of nitrogens with one attached hydrogen (secondary N) is 1. The summed E-state index contributed by atoms with van der Waals surface area (Å²) < 4.78 is 26.5. The van der Waals surface area contributed by atoms with Crippen LogP contribution in [0.4, 0.5) is 0 Å². The van der Waals surface area contributed by atoms with Gasteiger partial charge in [-0.3, -0.25) is 9.59 Å². The largest absolute Gasteiger partial charge is 0.352 e. The SMILES string of the molecule is CS(=O)(=O)N1C[C@H](NC(=O)CCn2ccccc2=O)[C@@H](C2CC2)C1. The van der Waals surface area contributed by atoms with E-state index in [1.807, 2.05) is 0 Å². The van der Waals surface area contributed by atoms with Gasteiger partial charge in [0, 0.05) is 44.4 Å². The molecule has 24 heavy (non-hydrogen) atoms. The molecule has 2 fully saturated rings. The molecule has 1 N–H and O–H groups in total. The van der Waals surface area contributed by atoms with Gasteiger partial charge >= 0.3 is 0 Å². The normalized spacial score (nSPS) is 24.9. The van der Waals surface area contributed by atoms with Crippen LogP contribution < -0.4 is 10.9 Å². The fourth-order valence-corrected chi connectivity index (χ4v) is 4.24. The van der Waals surface area contributed by atoms with E-state index in [2.05, 4.69) is 5.32 Å². The minimum Gasteiger partial charge on any atom is -0.352 e. The maximum Gasteiger partial charge on any atom is 0.250 e. The molecule has 132 valence electrons. The Kier molecular flexibility index (Phi) is 4.78. The van der Waals surface area contributed by atoms with Crippen LogP contribution in [-0.2, 0) is 21.4 Å². The Bertz CT molecular complexity index is 770. The highest BCUT2D eigenvalue weighted by molar-refractivity contribution is 7.88. The van der Waals surface area contributed by atoms with E-state index in [9.17, 15) is 18.0 Å². The van der Waals surface area contributed by atoms with Crippen LogP contribution in [0, 0.1) is 11.8 Å². The van der Waals surface area contributed by atoms with Crippen LogP contribution in [0.25, 0.3) is 0 Å². The van der Waals surface area contributed by atoms with Gasteiger partial charge in [0.1, 0.15) is 0 Å². The Hall–Kier alpha value is -1.67. The van der Waals surface area contributed by atoms with Crippen molar-refractivity contribution in [3.8, 4) is 0 Å². The number of hydrogen-bond acceptors (Lipinski definition) is 4. The zero-order valence-electron chi connectivity index (χ0n) is 13.7. The molecule has 0 unspecified atom stereocenters. The van der Waals surface area contributed by atoms with Crippen LogP contribution >= 0.6 is 0 Å². The van der Waals surface area contributed by atoms with Gasteiger partial charge in [0.2, 0.25) is 15.9 Å². The van der Waals surface area contributed by atoms with Gasteiger partial charge in [-0.1, -0.05) is 6.07 Å². The standard InChI is InChI=1S/C16H23N3O4S/c1-24(22,23)19-10-13(12-5-6-12)14(11-19)17-15(20)7-9-18-8-3-2-4-16(18)21/h2-4,8,12-14H,5-7,9-11H2,1H3,(H,17,20)/t13-,14+/m1/s1. The molecule has 7 nitrogen and oxygen atoms in total. The highest BCUT2D eigenvalue weighted by Gasteiger charge is 2.45. The molecule has 0 aromatic carbocycles. The van der Waals surface area contributed by atoms with Crippen molar-refractivity contribution in [2.75, 3.05) is 19.3 Å². The number of aryl methyl sites for hydroxylation is 1. The van der Waals surface area contributed by atoms with Crippen molar-refractivity contribution >= 4 is 15.9 Å². The number of carbonyl (C=O) groups is 1. The van der Waals surface area contributed by atoms with E-state index in [1.165, 1.54) is 21.2 Å². The van der Waals surface area contributed by atoms with E-state index >= 15 is 0 Å². The summed E-state index contributed by atoms with van der Waals surface area (Å²) in [6.07, 6.45) is 5.28. The topological polar surface area (TPSA) is 88.5 Å². The monoisotopic (exact) mass is 353 g/mol. The van der Waals surface area contributed by atoms with Crippen molar-refractivity contribution in [3.05, 3.63) is 34.7 Å². The Labute approximate surface area is 141 Å². The second-order valence-electron chi connectivity index (χ2n) is 6.74. The summed E-state index contributed by atoms with van der Waals surface area (Å²) in [5.41, 5.74) is -0.134. The lowest BCUT2D eigenvalue weighted by Crippen LogP contribution is -2.42. The van der Waals surface area contributed by atoms with Crippen molar-refractivity contribution in [1.29, 1.82) is 0 Å². The smallest absolute Gasteiger partial charge is 0.250 e. The molecule has 3 rings (SSSR count). The van der Waals surface area contributed by atoms with Crippen LogP contribution in [0.5, 0.6) is 0 Å². The lowest BCUT2D eigenvalue weighted by atomic mass is 9.98. The lowest BCUT2D eigenvalue weighted by molar-refractivity contribution is -0.122. The van der Waals surface area contributed by atoms with Crippen molar-refractivity contribution in [3.63, 3.8) is 0 Å². The first-order valence-electron chi connectivity index (χ1n) is 8.24. The van der Waals surface area contributed by atoms with Crippen molar-refractivity contribution < 1.29 is 13.2 Å². The van der Waals surface area contributed by atoms with Crippen LogP contribution in [0.2, 0.25) is 0 Å². The predicted molar refractivity (Wildman–Crippen MR) is 89.9 cm³/mol. The zero-order chi connectivity index (χ0) is 17.3. The average molecular weight is 353 g/mol. The van der Waals surface area contributed by atoms with Gasteiger partial charge < -0.3 is 9.88 Å². The minimum absolute atomic E-state index is 0.132. The number of hydrogen-bond donors (Lipinski definition) is 1. The number of nitrogens with zero attached hydrogens (tertiary/aromatic N) is 2. The van der Waals surface area contributed by atoms with Gasteiger partial charge in [0.25, 0.3) is 5.56 Å². The number of sulfonamides is 1. The van der Waals surface area contributed by atoms with Gasteiger partial charge in [-0.15, -0.1) is 0 Å². The Morgan fingerprint density at radius 2 is 2.04 bits per heavy atom. The summed E-state index contributed by atoms with van der Waals surface area (Å²) in [5, 5.41) is 2.98. The van der Waals surface area contributed by atoms with E-state index in [0.717, 1.165) is 12.8 Å². The second-order valence-corrected chi connectivity index (χ2v) is 8.72. The van der Waals surface area contributed by atoms with E-state index < -0.39 is 10.0 Å². The third-order valence-corrected chi connectivity index (χ3v) is 6.09. The molecule has 0 radical (unpaired) electrons. The molecule has 1 aromatic heterocycles. The number of aromatic nitrogens is 1. The number of carbonyl (C=O) groups excluding carboxylic acids is 1. The summed E-state index contributed by atoms with van der Waals surface area (Å²) in [6, 6.07) is 4.75. The first kappa shape index (κ1) is 17.2. The molecule has 0 spiro atoms. The summed E-state index contributed by atoms with van der Waals surface area (Å²) in [6.45, 7) is 1.16. The third kappa shape index (κ3) is 4.05. The zero-order valence-corrected chi connectivity index (χ0v) is 14.5. The van der Waals surface area contributed by atoms with Gasteiger partial charge in [-0.25, -0.2) is 8.42 Å². The van der Waals surface area contributed by atoms with Crippen LogP contribution in [0.15, 0.2) is 29.2 Å². The molecular weight excluding hydrogens is 330 g/mol. The highest BCUT2D eigenvalue weighted by atomic mass is 32.2. The van der Waals surface area contributed by atoms with Crippen molar-refractivity contribution in [2.24, 2.45) is 11.8 Å². The highest BCUT2D eigenvalue weighted by Crippen LogP contribution is 2.41. The second kappa shape index (κ2) is 6.68. The van der Waals surface area contributed by atoms with E-state index in [0.29, 0.717) is 25.6 Å². The van der Waals surface area contributed by atoms with E-state index in [-0.39, 0.29) is 29.8 Å². The maximum absolute atomic E-state index is 12.2. The van der Waals surface area contributed by atoms with Gasteiger partial charge in [0.15, 0.2) is 0 Å².